The van der Waals surface area contributed by atoms with Crippen LogP contribution in [0.25, 0.3) is 0 Å². The van der Waals surface area contributed by atoms with Crippen LogP contribution in [0.5, 0.6) is 0 Å². The summed E-state index contributed by atoms with van der Waals surface area (Å²) in [6, 6.07) is 2.33. The van der Waals surface area contributed by atoms with Crippen LogP contribution in [-0.2, 0) is 4.74 Å². The number of nitrogens with two attached hydrogens (primary N) is 1. The lowest BCUT2D eigenvalue weighted by atomic mass is 9.94. The molecule has 4 heteroatoms. The largest absolute Gasteiger partial charge is 0.378 e. The Kier molecular flexibility index (Phi) is 4.03. The average molecular weight is 237 g/mol. The first kappa shape index (κ1) is 12.8. The van der Waals surface area contributed by atoms with Crippen molar-refractivity contribution in [1.29, 1.82) is 5.26 Å². The third-order valence-corrected chi connectivity index (χ3v) is 3.94. The number of likely N-dealkylation sites (tertiary alicyclic amines) is 1. The van der Waals surface area contributed by atoms with Gasteiger partial charge in [0.15, 0.2) is 0 Å². The van der Waals surface area contributed by atoms with Crippen molar-refractivity contribution in [3.63, 3.8) is 0 Å². The van der Waals surface area contributed by atoms with Gasteiger partial charge in [-0.2, -0.15) is 5.26 Å². The summed E-state index contributed by atoms with van der Waals surface area (Å²) in [5.41, 5.74) is 5.58. The fraction of sp³-hybridized carbons (Fsp3) is 0.923. The zero-order chi connectivity index (χ0) is 12.3. The fourth-order valence-electron chi connectivity index (χ4n) is 2.69. The van der Waals surface area contributed by atoms with E-state index < -0.39 is 5.54 Å². The van der Waals surface area contributed by atoms with E-state index in [1.165, 1.54) is 0 Å². The van der Waals surface area contributed by atoms with Gasteiger partial charge in [-0.15, -0.1) is 0 Å². The maximum atomic E-state index is 9.24. The van der Waals surface area contributed by atoms with Crippen molar-refractivity contribution in [1.82, 2.24) is 4.90 Å². The number of nitriles is 1. The predicted octanol–water partition coefficient (Wildman–Crippen LogP) is 1.12. The highest BCUT2D eigenvalue weighted by molar-refractivity contribution is 5.14. The van der Waals surface area contributed by atoms with Gasteiger partial charge in [0.2, 0.25) is 0 Å². The number of rotatable bonds is 5. The fourth-order valence-corrected chi connectivity index (χ4v) is 2.69. The third-order valence-electron chi connectivity index (χ3n) is 3.94. The van der Waals surface area contributed by atoms with E-state index >= 15 is 0 Å². The second kappa shape index (κ2) is 5.34. The van der Waals surface area contributed by atoms with Crippen LogP contribution < -0.4 is 5.73 Å². The van der Waals surface area contributed by atoms with Crippen molar-refractivity contribution in [2.24, 2.45) is 11.7 Å². The minimum Gasteiger partial charge on any atom is -0.378 e. The minimum absolute atomic E-state index is 0.409. The number of hydrogen-bond acceptors (Lipinski definition) is 4. The van der Waals surface area contributed by atoms with Crippen molar-refractivity contribution >= 4 is 0 Å². The minimum atomic E-state index is -0.613. The quantitative estimate of drug-likeness (QED) is 0.778. The molecule has 1 aliphatic carbocycles. The Morgan fingerprint density at radius 1 is 1.35 bits per heavy atom. The van der Waals surface area contributed by atoms with Gasteiger partial charge in [-0.05, 0) is 38.5 Å². The highest BCUT2D eigenvalue weighted by atomic mass is 16.5. The first-order chi connectivity index (χ1) is 8.18. The van der Waals surface area contributed by atoms with E-state index in [0.717, 1.165) is 51.9 Å². The molecule has 1 saturated carbocycles. The Labute approximate surface area is 104 Å². The van der Waals surface area contributed by atoms with Gasteiger partial charge >= 0.3 is 0 Å². The molecule has 0 aromatic rings. The van der Waals surface area contributed by atoms with Crippen LogP contribution in [0.4, 0.5) is 0 Å². The Morgan fingerprint density at radius 2 is 2.00 bits per heavy atom. The normalized spacial score (nSPS) is 26.4. The first-order valence-corrected chi connectivity index (χ1v) is 6.72. The van der Waals surface area contributed by atoms with E-state index in [-0.39, 0.29) is 0 Å². The molecule has 4 nitrogen and oxygen atoms in total. The van der Waals surface area contributed by atoms with Gasteiger partial charge in [-0.3, -0.25) is 0 Å². The van der Waals surface area contributed by atoms with Crippen LogP contribution in [0, 0.1) is 17.2 Å². The van der Waals surface area contributed by atoms with Gasteiger partial charge < -0.3 is 15.4 Å². The van der Waals surface area contributed by atoms with Gasteiger partial charge in [0, 0.05) is 26.2 Å². The topological polar surface area (TPSA) is 62.3 Å². The Hall–Kier alpha value is -0.630. The Morgan fingerprint density at radius 3 is 2.47 bits per heavy atom. The molecule has 17 heavy (non-hydrogen) atoms. The van der Waals surface area contributed by atoms with Crippen LogP contribution in [0.1, 0.15) is 32.6 Å². The summed E-state index contributed by atoms with van der Waals surface area (Å²) < 4.78 is 5.62. The first-order valence-electron chi connectivity index (χ1n) is 6.72. The van der Waals surface area contributed by atoms with E-state index in [1.54, 1.807) is 0 Å². The van der Waals surface area contributed by atoms with Crippen molar-refractivity contribution < 1.29 is 4.74 Å². The molecule has 0 aromatic heterocycles. The van der Waals surface area contributed by atoms with Crippen molar-refractivity contribution in [3.8, 4) is 6.07 Å². The molecule has 1 aliphatic heterocycles. The Balaban J connectivity index is 1.79. The summed E-state index contributed by atoms with van der Waals surface area (Å²) in [5, 5.41) is 9.24. The average Bonchev–Trinajstić information content (AvgIpc) is 3.16. The number of ether oxygens (including phenoxy) is 1. The monoisotopic (exact) mass is 237 g/mol. The summed E-state index contributed by atoms with van der Waals surface area (Å²) in [4.78, 5) is 2.33. The molecule has 2 aliphatic rings. The van der Waals surface area contributed by atoms with Gasteiger partial charge in [0.05, 0.1) is 12.2 Å². The molecule has 0 bridgehead atoms. The smallest absolute Gasteiger partial charge is 0.119 e. The van der Waals surface area contributed by atoms with Crippen LogP contribution in [0.15, 0.2) is 0 Å². The highest BCUT2D eigenvalue weighted by Gasteiger charge is 2.44. The van der Waals surface area contributed by atoms with Crippen LogP contribution in [-0.4, -0.2) is 42.8 Å². The third kappa shape index (κ3) is 3.19. The molecule has 96 valence electrons. The lowest BCUT2D eigenvalue weighted by Gasteiger charge is -2.35. The second-order valence-corrected chi connectivity index (χ2v) is 5.36. The van der Waals surface area contributed by atoms with Gasteiger partial charge in [0.1, 0.15) is 5.54 Å². The maximum Gasteiger partial charge on any atom is 0.119 e. The maximum absolute atomic E-state index is 9.24. The van der Waals surface area contributed by atoms with Gasteiger partial charge in [-0.1, -0.05) is 0 Å². The van der Waals surface area contributed by atoms with E-state index in [0.29, 0.717) is 12.0 Å². The summed E-state index contributed by atoms with van der Waals surface area (Å²) in [7, 11) is 0. The standard InChI is InChI=1S/C13H23N3O/c1-2-17-12-5-7-16(8-6-12)10-13(15,9-14)11-3-4-11/h11-12H,2-8,10,15H2,1H3. The summed E-state index contributed by atoms with van der Waals surface area (Å²) in [6.45, 7) is 5.59. The SMILES string of the molecule is CCOC1CCN(CC(N)(C#N)C2CC2)CC1. The molecule has 1 unspecified atom stereocenters. The molecule has 1 saturated heterocycles. The second-order valence-electron chi connectivity index (χ2n) is 5.36. The van der Waals surface area contributed by atoms with Crippen molar-refractivity contribution in [2.75, 3.05) is 26.2 Å². The molecule has 1 heterocycles. The Bertz CT molecular complexity index is 290. The molecule has 2 rings (SSSR count). The lowest BCUT2D eigenvalue weighted by Crippen LogP contribution is -2.53. The van der Waals surface area contributed by atoms with E-state index in [4.69, 9.17) is 10.5 Å². The number of nitrogens with zero attached hydrogens (tertiary/aromatic N) is 2. The molecule has 0 spiro atoms. The molecule has 0 amide bonds. The van der Waals surface area contributed by atoms with E-state index in [9.17, 15) is 5.26 Å². The van der Waals surface area contributed by atoms with Crippen LogP contribution >= 0.6 is 0 Å². The van der Waals surface area contributed by atoms with E-state index in [1.807, 2.05) is 6.92 Å². The molecule has 1 atom stereocenters. The molecule has 0 aromatic carbocycles. The molecule has 2 N–H and O–H groups in total. The molecule has 0 radical (unpaired) electrons. The summed E-state index contributed by atoms with van der Waals surface area (Å²) >= 11 is 0. The zero-order valence-corrected chi connectivity index (χ0v) is 10.7. The van der Waals surface area contributed by atoms with Crippen LogP contribution in [0.2, 0.25) is 0 Å². The molecular weight excluding hydrogens is 214 g/mol. The number of hydrogen-bond donors (Lipinski definition) is 1. The summed E-state index contributed by atoms with van der Waals surface area (Å²) in [6.07, 6.45) is 4.80. The zero-order valence-electron chi connectivity index (χ0n) is 10.7. The van der Waals surface area contributed by atoms with E-state index in [2.05, 4.69) is 11.0 Å². The highest BCUT2D eigenvalue weighted by Crippen LogP contribution is 2.38. The number of piperidine rings is 1. The molecular formula is C13H23N3O. The predicted molar refractivity (Wildman–Crippen MR) is 66.3 cm³/mol. The van der Waals surface area contributed by atoms with Crippen molar-refractivity contribution in [2.45, 2.75) is 44.2 Å². The molecule has 2 fully saturated rings. The summed E-state index contributed by atoms with van der Waals surface area (Å²) in [5.74, 6) is 0.428. The van der Waals surface area contributed by atoms with Crippen LogP contribution in [0.3, 0.4) is 0 Å². The lowest BCUT2D eigenvalue weighted by molar-refractivity contribution is 0.0108. The van der Waals surface area contributed by atoms with Crippen molar-refractivity contribution in [3.05, 3.63) is 0 Å². The van der Waals surface area contributed by atoms with Gasteiger partial charge in [0.25, 0.3) is 0 Å². The van der Waals surface area contributed by atoms with Gasteiger partial charge in [-0.25, -0.2) is 0 Å².